The van der Waals surface area contributed by atoms with Crippen molar-refractivity contribution in [2.45, 2.75) is 32.0 Å². The fourth-order valence-corrected chi connectivity index (χ4v) is 2.17. The van der Waals surface area contributed by atoms with Crippen molar-refractivity contribution in [2.75, 3.05) is 6.54 Å². The van der Waals surface area contributed by atoms with Crippen molar-refractivity contribution in [3.05, 3.63) is 34.3 Å². The molecule has 0 aliphatic carbocycles. The summed E-state index contributed by atoms with van der Waals surface area (Å²) in [6.07, 6.45) is -4.68. The minimum Gasteiger partial charge on any atom is -0.310 e. The third kappa shape index (κ3) is 5.55. The second-order valence-electron chi connectivity index (χ2n) is 3.92. The molecule has 1 atom stereocenters. The average Bonchev–Trinajstić information content (AvgIpc) is 2.23. The van der Waals surface area contributed by atoms with Gasteiger partial charge in [-0.3, -0.25) is 0 Å². The fourth-order valence-electron chi connectivity index (χ4n) is 1.54. The van der Waals surface area contributed by atoms with E-state index in [9.17, 15) is 13.2 Å². The Hall–Kier alpha value is -0.550. The van der Waals surface area contributed by atoms with Gasteiger partial charge in [-0.25, -0.2) is 0 Å². The molecule has 1 N–H and O–H groups in total. The molecule has 0 fully saturated rings. The third-order valence-corrected chi connectivity index (χ3v) is 3.18. The zero-order valence-corrected chi connectivity index (χ0v) is 11.1. The number of benzene rings is 1. The van der Waals surface area contributed by atoms with Crippen molar-refractivity contribution in [1.29, 1.82) is 0 Å². The standard InChI is InChI=1S/C12H15BrF3N/c1-9(10-5-2-3-6-11(10)13)17-8-4-7-12(14,15)16/h2-3,5-6,9,17H,4,7-8H2,1H3. The van der Waals surface area contributed by atoms with Gasteiger partial charge < -0.3 is 5.32 Å². The van der Waals surface area contributed by atoms with Gasteiger partial charge in [0, 0.05) is 16.9 Å². The van der Waals surface area contributed by atoms with Gasteiger partial charge in [0.15, 0.2) is 0 Å². The van der Waals surface area contributed by atoms with Crippen LogP contribution in [-0.2, 0) is 0 Å². The molecule has 0 aromatic heterocycles. The van der Waals surface area contributed by atoms with E-state index in [0.29, 0.717) is 6.54 Å². The zero-order chi connectivity index (χ0) is 12.9. The molecule has 0 saturated heterocycles. The smallest absolute Gasteiger partial charge is 0.310 e. The molecular weight excluding hydrogens is 295 g/mol. The Morgan fingerprint density at radius 3 is 2.53 bits per heavy atom. The Kier molecular flexibility index (Phi) is 5.46. The molecular formula is C12H15BrF3N. The van der Waals surface area contributed by atoms with Gasteiger partial charge in [0.25, 0.3) is 0 Å². The summed E-state index contributed by atoms with van der Waals surface area (Å²) in [6, 6.07) is 7.73. The van der Waals surface area contributed by atoms with Crippen LogP contribution in [0.2, 0.25) is 0 Å². The molecule has 0 spiro atoms. The van der Waals surface area contributed by atoms with E-state index < -0.39 is 12.6 Å². The zero-order valence-electron chi connectivity index (χ0n) is 9.52. The molecule has 1 nitrogen and oxygen atoms in total. The topological polar surface area (TPSA) is 12.0 Å². The van der Waals surface area contributed by atoms with E-state index in [1.54, 1.807) is 0 Å². The van der Waals surface area contributed by atoms with Gasteiger partial charge in [0.2, 0.25) is 0 Å². The van der Waals surface area contributed by atoms with Gasteiger partial charge in [0.05, 0.1) is 0 Å². The van der Waals surface area contributed by atoms with Gasteiger partial charge in [-0.15, -0.1) is 0 Å². The first-order valence-electron chi connectivity index (χ1n) is 5.45. The molecule has 1 aromatic rings. The monoisotopic (exact) mass is 309 g/mol. The van der Waals surface area contributed by atoms with E-state index in [1.807, 2.05) is 31.2 Å². The quantitative estimate of drug-likeness (QED) is 0.793. The maximum atomic E-state index is 11.9. The number of alkyl halides is 3. The van der Waals surface area contributed by atoms with Crippen LogP contribution in [0.1, 0.15) is 31.4 Å². The van der Waals surface area contributed by atoms with Gasteiger partial charge in [-0.1, -0.05) is 34.1 Å². The Labute approximate surface area is 108 Å². The Morgan fingerprint density at radius 2 is 1.94 bits per heavy atom. The number of hydrogen-bond donors (Lipinski definition) is 1. The van der Waals surface area contributed by atoms with Crippen LogP contribution in [0.4, 0.5) is 13.2 Å². The third-order valence-electron chi connectivity index (χ3n) is 2.46. The lowest BCUT2D eigenvalue weighted by molar-refractivity contribution is -0.135. The molecule has 96 valence electrons. The average molecular weight is 310 g/mol. The van der Waals surface area contributed by atoms with Crippen molar-refractivity contribution in [3.8, 4) is 0 Å². The van der Waals surface area contributed by atoms with Gasteiger partial charge in [-0.2, -0.15) is 13.2 Å². The molecule has 0 bridgehead atoms. The summed E-state index contributed by atoms with van der Waals surface area (Å²) >= 11 is 3.42. The van der Waals surface area contributed by atoms with E-state index >= 15 is 0 Å². The summed E-state index contributed by atoms with van der Waals surface area (Å²) in [5, 5.41) is 3.08. The highest BCUT2D eigenvalue weighted by Gasteiger charge is 2.25. The van der Waals surface area contributed by atoms with Crippen molar-refractivity contribution in [1.82, 2.24) is 5.32 Å². The van der Waals surface area contributed by atoms with Crippen LogP contribution in [0, 0.1) is 0 Å². The normalized spacial score (nSPS) is 13.7. The SMILES string of the molecule is CC(NCCCC(F)(F)F)c1ccccc1Br. The summed E-state index contributed by atoms with van der Waals surface area (Å²) in [5.74, 6) is 0. The predicted molar refractivity (Wildman–Crippen MR) is 65.8 cm³/mol. The van der Waals surface area contributed by atoms with Crippen LogP contribution in [0.25, 0.3) is 0 Å². The predicted octanol–water partition coefficient (Wildman–Crippen LogP) is 4.44. The van der Waals surface area contributed by atoms with Crippen LogP contribution in [-0.4, -0.2) is 12.7 Å². The molecule has 5 heteroatoms. The van der Waals surface area contributed by atoms with Gasteiger partial charge in [-0.05, 0) is 31.5 Å². The maximum absolute atomic E-state index is 11.9. The van der Waals surface area contributed by atoms with E-state index in [0.717, 1.165) is 10.0 Å². The van der Waals surface area contributed by atoms with Crippen LogP contribution in [0.15, 0.2) is 28.7 Å². The lowest BCUT2D eigenvalue weighted by Gasteiger charge is -2.16. The van der Waals surface area contributed by atoms with Crippen molar-refractivity contribution >= 4 is 15.9 Å². The van der Waals surface area contributed by atoms with Gasteiger partial charge in [0.1, 0.15) is 0 Å². The van der Waals surface area contributed by atoms with E-state index in [2.05, 4.69) is 21.2 Å². The highest BCUT2D eigenvalue weighted by molar-refractivity contribution is 9.10. The van der Waals surface area contributed by atoms with Crippen molar-refractivity contribution < 1.29 is 13.2 Å². The first-order valence-corrected chi connectivity index (χ1v) is 6.24. The molecule has 1 unspecified atom stereocenters. The van der Waals surface area contributed by atoms with E-state index in [1.165, 1.54) is 0 Å². The van der Waals surface area contributed by atoms with Crippen LogP contribution < -0.4 is 5.32 Å². The van der Waals surface area contributed by atoms with E-state index in [4.69, 9.17) is 0 Å². The minimum atomic E-state index is -4.06. The molecule has 0 saturated carbocycles. The van der Waals surface area contributed by atoms with E-state index in [-0.39, 0.29) is 12.5 Å². The summed E-state index contributed by atoms with van der Waals surface area (Å²) in [6.45, 7) is 2.30. The molecule has 1 aromatic carbocycles. The lowest BCUT2D eigenvalue weighted by Crippen LogP contribution is -2.21. The number of hydrogen-bond acceptors (Lipinski definition) is 1. The Balaban J connectivity index is 2.36. The molecule has 0 amide bonds. The fraction of sp³-hybridized carbons (Fsp3) is 0.500. The number of rotatable bonds is 5. The Bertz CT molecular complexity index is 352. The van der Waals surface area contributed by atoms with Crippen molar-refractivity contribution in [2.24, 2.45) is 0 Å². The molecule has 0 aliphatic heterocycles. The molecule has 1 rings (SSSR count). The lowest BCUT2D eigenvalue weighted by atomic mass is 10.1. The maximum Gasteiger partial charge on any atom is 0.389 e. The minimum absolute atomic E-state index is 0.0406. The Morgan fingerprint density at radius 1 is 1.29 bits per heavy atom. The molecule has 17 heavy (non-hydrogen) atoms. The van der Waals surface area contributed by atoms with Crippen LogP contribution >= 0.6 is 15.9 Å². The van der Waals surface area contributed by atoms with Crippen LogP contribution in [0.3, 0.4) is 0 Å². The van der Waals surface area contributed by atoms with Crippen molar-refractivity contribution in [3.63, 3.8) is 0 Å². The summed E-state index contributed by atoms with van der Waals surface area (Å²) in [7, 11) is 0. The molecule has 0 heterocycles. The number of nitrogens with one attached hydrogen (secondary N) is 1. The second kappa shape index (κ2) is 6.40. The first kappa shape index (κ1) is 14.5. The van der Waals surface area contributed by atoms with Gasteiger partial charge >= 0.3 is 6.18 Å². The molecule has 0 aliphatic rings. The highest BCUT2D eigenvalue weighted by Crippen LogP contribution is 2.23. The largest absolute Gasteiger partial charge is 0.389 e. The summed E-state index contributed by atoms with van der Waals surface area (Å²) in [4.78, 5) is 0. The second-order valence-corrected chi connectivity index (χ2v) is 4.77. The first-order chi connectivity index (χ1) is 7.90. The summed E-state index contributed by atoms with van der Waals surface area (Å²) in [5.41, 5.74) is 1.06. The number of halogens is 4. The molecule has 0 radical (unpaired) electrons. The van der Waals surface area contributed by atoms with Crippen LogP contribution in [0.5, 0.6) is 0 Å². The summed E-state index contributed by atoms with van der Waals surface area (Å²) < 4.78 is 36.8. The highest BCUT2D eigenvalue weighted by atomic mass is 79.9.